The number of unbranched alkanes of at least 4 members (excludes halogenated alkanes) is 6. The fraction of sp³-hybridized carbons (Fsp3) is 0.492. The Labute approximate surface area is 519 Å². The molecule has 466 valence electrons. The molecule has 0 unspecified atom stereocenters. The minimum atomic E-state index is -0.579. The third kappa shape index (κ3) is 28.5. The van der Waals surface area contributed by atoms with Crippen LogP contribution in [0.1, 0.15) is 99.3 Å². The number of anilines is 2. The van der Waals surface area contributed by atoms with Gasteiger partial charge in [-0.2, -0.15) is 25.7 Å². The molecule has 0 fully saturated rings. The third-order valence-electron chi connectivity index (χ3n) is 12.6. The summed E-state index contributed by atoms with van der Waals surface area (Å²) < 4.78 is 36.6. The highest BCUT2D eigenvalue weighted by Gasteiger charge is 2.18. The van der Waals surface area contributed by atoms with E-state index in [1.54, 1.807) is 13.8 Å². The number of aliphatic hydroxyl groups is 1. The Morgan fingerprint density at radius 1 is 0.609 bits per heavy atom. The number of hydrogen-bond donors (Lipinski definition) is 1. The Bertz CT molecular complexity index is 3080. The monoisotopic (exact) mass is 1230 g/mol. The van der Waals surface area contributed by atoms with E-state index >= 15 is 0 Å². The first kappa shape index (κ1) is 73.4. The lowest BCUT2D eigenvalue weighted by Gasteiger charge is -2.25. The number of nitriles is 1. The number of carbonyl (C=O) groups excluding carboxylic acids is 4. The van der Waals surface area contributed by atoms with Crippen molar-refractivity contribution in [3.8, 4) is 6.07 Å². The number of thiophene rings is 2. The van der Waals surface area contributed by atoms with Crippen LogP contribution in [0.3, 0.4) is 0 Å². The van der Waals surface area contributed by atoms with Gasteiger partial charge in [-0.15, -0.1) is 22.7 Å². The maximum atomic E-state index is 11.3. The van der Waals surface area contributed by atoms with Gasteiger partial charge in [0.1, 0.15) is 22.7 Å². The number of aryl methyl sites for hydroxylation is 2. The zero-order chi connectivity index (χ0) is 63.6. The van der Waals surface area contributed by atoms with Crippen molar-refractivity contribution < 1.29 is 57.4 Å². The van der Waals surface area contributed by atoms with E-state index in [-0.39, 0.29) is 25.6 Å². The number of rotatable bonds is 38. The van der Waals surface area contributed by atoms with Gasteiger partial charge in [0.2, 0.25) is 16.4 Å². The molecule has 1 aliphatic rings. The minimum absolute atomic E-state index is 0.0334. The van der Waals surface area contributed by atoms with Crippen LogP contribution in [-0.2, 0) is 52.3 Å². The van der Waals surface area contributed by atoms with Gasteiger partial charge in [-0.25, -0.2) is 28.9 Å². The van der Waals surface area contributed by atoms with Crippen LogP contribution in [0.25, 0.3) is 14.5 Å². The van der Waals surface area contributed by atoms with E-state index in [0.29, 0.717) is 108 Å². The number of cyclic esters (lactones) is 2. The zero-order valence-electron chi connectivity index (χ0n) is 51.0. The van der Waals surface area contributed by atoms with Crippen LogP contribution in [0.5, 0.6) is 0 Å². The summed E-state index contributed by atoms with van der Waals surface area (Å²) in [6, 6.07) is 14.3. The Kier molecular flexibility index (Phi) is 36.9. The Hall–Kier alpha value is -7.88. The van der Waals surface area contributed by atoms with E-state index in [2.05, 4.69) is 81.6 Å². The quantitative estimate of drug-likeness (QED) is 0.0109. The molecule has 0 bridgehead atoms. The van der Waals surface area contributed by atoms with Gasteiger partial charge in [0.25, 0.3) is 0 Å². The SMILES string of the molecule is O=C1C=CC(=O)O1.[C-]#[N+]c1c(N=Nc2ccc(N(CCCCCC)CCOCCOCCOCCOCCOC(=O)/C=C\C(C)=O)cc2C)sc(C#N)c1C.[C-]#[N+]c1sc(N=Nc2ccc(N(CCCCCC)CCOCCO)cc2C)c([N+]#[C-])c1C. The molecule has 0 radical (unpaired) electrons. The molecule has 87 heavy (non-hydrogen) atoms. The van der Waals surface area contributed by atoms with E-state index in [1.807, 2.05) is 38.1 Å². The molecule has 22 nitrogen and oxygen atoms in total. The van der Waals surface area contributed by atoms with Gasteiger partial charge in [-0.3, -0.25) is 4.79 Å². The second-order valence-corrected chi connectivity index (χ2v) is 21.2. The van der Waals surface area contributed by atoms with Gasteiger partial charge in [-0.05, 0) is 105 Å². The highest BCUT2D eigenvalue weighted by Crippen LogP contribution is 2.47. The normalized spacial score (nSPS) is 11.6. The first-order valence-corrected chi connectivity index (χ1v) is 30.4. The topological polar surface area (TPSA) is 246 Å². The van der Waals surface area contributed by atoms with E-state index in [0.717, 1.165) is 91.5 Å². The van der Waals surface area contributed by atoms with Gasteiger partial charge >= 0.3 is 17.9 Å². The summed E-state index contributed by atoms with van der Waals surface area (Å²) in [6.07, 6.45) is 13.8. The predicted octanol–water partition coefficient (Wildman–Crippen LogP) is 14.2. The smallest absolute Gasteiger partial charge is 0.338 e. The van der Waals surface area contributed by atoms with Gasteiger partial charge in [0.05, 0.1) is 109 Å². The summed E-state index contributed by atoms with van der Waals surface area (Å²) in [5.41, 5.74) is 7.71. The van der Waals surface area contributed by atoms with Crippen LogP contribution in [-0.4, -0.2) is 134 Å². The largest absolute Gasteiger partial charge is 0.460 e. The van der Waals surface area contributed by atoms with Gasteiger partial charge in [0.15, 0.2) is 5.78 Å². The molecular formula is C63H80N10O12S2. The Balaban J connectivity index is 0.000000433. The molecule has 0 aliphatic carbocycles. The standard InChI is InChI=1S/C35H47N5O7S.C24H31N5O2S.C4H2O3/c1-6-7-8-9-14-40(30-11-12-31(27(2)25-30)38-39-35-34(37-5)29(4)32(26-36)48-35)15-16-43-17-18-44-19-20-45-21-22-46-23-24-47-33(42)13-10-28(3)41;1-6-7-8-9-12-29(13-15-31-16-14-30)20-10-11-21(18(2)17-20)27-28-24-22(25-4)19(3)23(26-5)32-24;5-3-1-2-4(6)7-3/h10-13,25H,6-9,14-24H2,1-4H3;10-11,17,30H,6-9,12-16H2,1-3H3;1-2H/b13-10-,39-38?;;. The van der Waals surface area contributed by atoms with E-state index < -0.39 is 17.9 Å². The summed E-state index contributed by atoms with van der Waals surface area (Å²) in [7, 11) is 0. The maximum absolute atomic E-state index is 11.3. The number of ketones is 1. The number of ether oxygens (including phenoxy) is 7. The number of carbonyl (C=O) groups is 4. The third-order valence-corrected chi connectivity index (χ3v) is 14.7. The molecule has 1 aliphatic heterocycles. The van der Waals surface area contributed by atoms with Crippen molar-refractivity contribution in [1.82, 2.24) is 0 Å². The zero-order valence-corrected chi connectivity index (χ0v) is 52.6. The summed E-state index contributed by atoms with van der Waals surface area (Å²) in [4.78, 5) is 57.6. The van der Waals surface area contributed by atoms with Crippen molar-refractivity contribution in [3.63, 3.8) is 0 Å². The van der Waals surface area contributed by atoms with Crippen molar-refractivity contribution in [3.05, 3.63) is 122 Å². The molecule has 0 spiro atoms. The van der Waals surface area contributed by atoms with Crippen LogP contribution in [0, 0.1) is 58.7 Å². The van der Waals surface area contributed by atoms with Crippen molar-refractivity contribution >= 4 is 95.5 Å². The molecule has 24 heteroatoms. The molecular weight excluding hydrogens is 1150 g/mol. The van der Waals surface area contributed by atoms with Crippen LogP contribution < -0.4 is 9.80 Å². The number of hydrogen-bond acceptors (Lipinski definition) is 21. The minimum Gasteiger partial charge on any atom is -0.460 e. The van der Waals surface area contributed by atoms with E-state index in [4.69, 9.17) is 53.2 Å². The lowest BCUT2D eigenvalue weighted by Crippen LogP contribution is -2.29. The van der Waals surface area contributed by atoms with Gasteiger partial charge in [0, 0.05) is 55.8 Å². The lowest BCUT2D eigenvalue weighted by molar-refractivity contribution is -0.150. The highest BCUT2D eigenvalue weighted by molar-refractivity contribution is 7.20. The lowest BCUT2D eigenvalue weighted by atomic mass is 10.1. The van der Waals surface area contributed by atoms with Gasteiger partial charge < -0.3 is 48.1 Å². The molecule has 0 saturated carbocycles. The molecule has 4 aromatic rings. The fourth-order valence-electron chi connectivity index (χ4n) is 7.89. The van der Waals surface area contributed by atoms with Crippen LogP contribution in [0.2, 0.25) is 0 Å². The molecule has 1 N–H and O–H groups in total. The number of benzene rings is 2. The predicted molar refractivity (Wildman–Crippen MR) is 337 cm³/mol. The highest BCUT2D eigenvalue weighted by atomic mass is 32.1. The number of azo groups is 2. The van der Waals surface area contributed by atoms with Crippen molar-refractivity contribution in [1.29, 1.82) is 5.26 Å². The number of allylic oxidation sites excluding steroid dienone is 1. The van der Waals surface area contributed by atoms with Crippen molar-refractivity contribution in [2.75, 3.05) is 115 Å². The van der Waals surface area contributed by atoms with E-state index in [1.165, 1.54) is 68.1 Å². The second kappa shape index (κ2) is 43.7. The fourth-order valence-corrected chi connectivity index (χ4v) is 9.61. The molecule has 0 saturated heterocycles. The molecule has 2 aromatic heterocycles. The molecule has 0 atom stereocenters. The summed E-state index contributed by atoms with van der Waals surface area (Å²) in [5, 5.41) is 37.0. The second-order valence-electron chi connectivity index (χ2n) is 19.3. The summed E-state index contributed by atoms with van der Waals surface area (Å²) in [6.45, 7) is 43.2. The molecule has 0 amide bonds. The first-order valence-electron chi connectivity index (χ1n) is 28.8. The van der Waals surface area contributed by atoms with Crippen LogP contribution in [0.15, 0.2) is 81.2 Å². The number of aliphatic hydroxyl groups excluding tert-OH is 1. The molecule has 3 heterocycles. The van der Waals surface area contributed by atoms with Crippen molar-refractivity contribution in [2.24, 2.45) is 20.5 Å². The van der Waals surface area contributed by atoms with Crippen LogP contribution >= 0.6 is 22.7 Å². The summed E-state index contributed by atoms with van der Waals surface area (Å²) >= 11 is 2.39. The Morgan fingerprint density at radius 3 is 1.48 bits per heavy atom. The van der Waals surface area contributed by atoms with Crippen LogP contribution in [0.4, 0.5) is 49.1 Å². The molecule has 2 aromatic carbocycles. The number of nitrogens with zero attached hydrogens (tertiary/aromatic N) is 10. The Morgan fingerprint density at radius 2 is 1.07 bits per heavy atom. The number of esters is 3. The molecule has 5 rings (SSSR count). The van der Waals surface area contributed by atoms with Gasteiger partial charge in [-0.1, -0.05) is 59.3 Å². The summed E-state index contributed by atoms with van der Waals surface area (Å²) in [5.74, 6) is -1.95. The first-order chi connectivity index (χ1) is 42.1. The average Bonchev–Trinajstić information content (AvgIpc) is 3.63. The van der Waals surface area contributed by atoms with E-state index in [9.17, 15) is 24.4 Å². The van der Waals surface area contributed by atoms with Crippen molar-refractivity contribution in [2.45, 2.75) is 99.8 Å². The average molecular weight is 1230 g/mol. The maximum Gasteiger partial charge on any atom is 0.338 e.